The molecule has 0 fully saturated rings. The van der Waals surface area contributed by atoms with Gasteiger partial charge in [-0.1, -0.05) is 0 Å². The fourth-order valence-corrected chi connectivity index (χ4v) is 2.92. The summed E-state index contributed by atoms with van der Waals surface area (Å²) < 4.78 is 6.47. The van der Waals surface area contributed by atoms with Gasteiger partial charge in [0.15, 0.2) is 5.75 Å². The van der Waals surface area contributed by atoms with Crippen LogP contribution in [0.2, 0.25) is 0 Å². The topological polar surface area (TPSA) is 85.5 Å². The van der Waals surface area contributed by atoms with E-state index >= 15 is 0 Å². The Morgan fingerprint density at radius 2 is 1.95 bits per heavy atom. The van der Waals surface area contributed by atoms with Gasteiger partial charge in [0.1, 0.15) is 0 Å². The Kier molecular flexibility index (Phi) is 4.92. The Balaban J connectivity index is 2.36. The highest BCUT2D eigenvalue weighted by Gasteiger charge is 2.16. The van der Waals surface area contributed by atoms with E-state index < -0.39 is 11.0 Å². The standard InChI is InChI=1S/C13H10Br2N2O4/c1-7(18)8-2-3-16-12(4-8)21-13-10(14)5-9(17(19)20)6-11(13)15/h2-7,18H,1H3. The van der Waals surface area contributed by atoms with Crippen LogP contribution in [0.1, 0.15) is 18.6 Å². The molecule has 0 amide bonds. The number of aliphatic hydroxyl groups is 1. The Hall–Kier alpha value is -1.51. The van der Waals surface area contributed by atoms with Crippen molar-refractivity contribution in [3.63, 3.8) is 0 Å². The Morgan fingerprint density at radius 1 is 1.33 bits per heavy atom. The minimum absolute atomic E-state index is 0.0632. The van der Waals surface area contributed by atoms with Gasteiger partial charge in [-0.15, -0.1) is 0 Å². The third kappa shape index (κ3) is 3.78. The summed E-state index contributed by atoms with van der Waals surface area (Å²) in [4.78, 5) is 14.3. The zero-order valence-corrected chi connectivity index (χ0v) is 14.0. The number of hydrogen-bond acceptors (Lipinski definition) is 5. The quantitative estimate of drug-likeness (QED) is 0.589. The van der Waals surface area contributed by atoms with Gasteiger partial charge in [0.25, 0.3) is 5.69 Å². The van der Waals surface area contributed by atoms with E-state index in [0.717, 1.165) is 0 Å². The molecular weight excluding hydrogens is 408 g/mol. The largest absolute Gasteiger partial charge is 0.437 e. The number of pyridine rings is 1. The van der Waals surface area contributed by atoms with Crippen molar-refractivity contribution < 1.29 is 14.8 Å². The maximum Gasteiger partial charge on any atom is 0.271 e. The lowest BCUT2D eigenvalue weighted by atomic mass is 10.2. The number of rotatable bonds is 4. The van der Waals surface area contributed by atoms with E-state index in [1.807, 2.05) is 0 Å². The van der Waals surface area contributed by atoms with Crippen LogP contribution in [-0.2, 0) is 0 Å². The van der Waals surface area contributed by atoms with Crippen LogP contribution in [0.25, 0.3) is 0 Å². The van der Waals surface area contributed by atoms with Crippen molar-refractivity contribution in [1.82, 2.24) is 4.98 Å². The SMILES string of the molecule is CC(O)c1ccnc(Oc2c(Br)cc([N+](=O)[O-])cc2Br)c1. The molecule has 1 aromatic heterocycles. The number of halogens is 2. The molecule has 6 nitrogen and oxygen atoms in total. The van der Waals surface area contributed by atoms with Crippen molar-refractivity contribution in [2.45, 2.75) is 13.0 Å². The molecule has 8 heteroatoms. The Labute approximate surface area is 137 Å². The fourth-order valence-electron chi connectivity index (χ4n) is 1.59. The third-order valence-electron chi connectivity index (χ3n) is 2.64. The van der Waals surface area contributed by atoms with Crippen molar-refractivity contribution >= 4 is 37.5 Å². The van der Waals surface area contributed by atoms with Gasteiger partial charge in [0.05, 0.1) is 20.0 Å². The molecule has 2 rings (SSSR count). The highest BCUT2D eigenvalue weighted by atomic mass is 79.9. The summed E-state index contributed by atoms with van der Waals surface area (Å²) in [6.45, 7) is 1.64. The van der Waals surface area contributed by atoms with Gasteiger partial charge in [-0.05, 0) is 50.4 Å². The van der Waals surface area contributed by atoms with Gasteiger partial charge in [-0.25, -0.2) is 4.98 Å². The normalized spacial score (nSPS) is 12.0. The lowest BCUT2D eigenvalue weighted by Crippen LogP contribution is -1.96. The molecule has 2 aromatic rings. The number of aliphatic hydroxyl groups excluding tert-OH is 1. The molecule has 0 spiro atoms. The molecule has 0 saturated carbocycles. The molecule has 1 heterocycles. The van der Waals surface area contributed by atoms with E-state index in [1.165, 1.54) is 18.3 Å². The summed E-state index contributed by atoms with van der Waals surface area (Å²) in [6.07, 6.45) is 0.879. The second kappa shape index (κ2) is 6.50. The first-order valence-electron chi connectivity index (χ1n) is 5.84. The molecule has 0 aliphatic heterocycles. The number of ether oxygens (including phenoxy) is 1. The van der Waals surface area contributed by atoms with E-state index in [1.54, 1.807) is 19.1 Å². The third-order valence-corrected chi connectivity index (χ3v) is 3.82. The van der Waals surface area contributed by atoms with Gasteiger partial charge >= 0.3 is 0 Å². The molecule has 1 atom stereocenters. The van der Waals surface area contributed by atoms with Crippen LogP contribution >= 0.6 is 31.9 Å². The minimum atomic E-state index is -0.640. The summed E-state index contributed by atoms with van der Waals surface area (Å²) in [7, 11) is 0. The second-order valence-corrected chi connectivity index (χ2v) is 5.91. The Morgan fingerprint density at radius 3 is 2.48 bits per heavy atom. The molecule has 0 bridgehead atoms. The minimum Gasteiger partial charge on any atom is -0.437 e. The van der Waals surface area contributed by atoms with E-state index in [-0.39, 0.29) is 11.6 Å². The number of hydrogen-bond donors (Lipinski definition) is 1. The van der Waals surface area contributed by atoms with Crippen LogP contribution in [0.15, 0.2) is 39.4 Å². The van der Waals surface area contributed by atoms with Crippen molar-refractivity contribution in [1.29, 1.82) is 0 Å². The molecule has 110 valence electrons. The van der Waals surface area contributed by atoms with Crippen LogP contribution < -0.4 is 4.74 Å². The predicted molar refractivity (Wildman–Crippen MR) is 83.4 cm³/mol. The summed E-state index contributed by atoms with van der Waals surface area (Å²) in [5, 5.41) is 20.3. The van der Waals surface area contributed by atoms with Gasteiger partial charge in [0, 0.05) is 24.4 Å². The first kappa shape index (κ1) is 15.9. The van der Waals surface area contributed by atoms with Crippen molar-refractivity contribution in [2.24, 2.45) is 0 Å². The van der Waals surface area contributed by atoms with Crippen molar-refractivity contribution in [2.75, 3.05) is 0 Å². The lowest BCUT2D eigenvalue weighted by molar-refractivity contribution is -0.385. The monoisotopic (exact) mass is 416 g/mol. The van der Waals surface area contributed by atoms with Crippen molar-refractivity contribution in [3.05, 3.63) is 55.1 Å². The smallest absolute Gasteiger partial charge is 0.271 e. The van der Waals surface area contributed by atoms with Gasteiger partial charge < -0.3 is 9.84 Å². The molecule has 0 saturated heterocycles. The van der Waals surface area contributed by atoms with Crippen LogP contribution in [0, 0.1) is 10.1 Å². The highest BCUT2D eigenvalue weighted by Crippen LogP contribution is 2.39. The van der Waals surface area contributed by atoms with Crippen LogP contribution in [-0.4, -0.2) is 15.0 Å². The summed E-state index contributed by atoms with van der Waals surface area (Å²) in [5.41, 5.74) is 0.598. The van der Waals surface area contributed by atoms with Crippen LogP contribution in [0.3, 0.4) is 0 Å². The molecule has 0 aliphatic carbocycles. The van der Waals surface area contributed by atoms with Gasteiger partial charge in [-0.3, -0.25) is 10.1 Å². The predicted octanol–water partition coefficient (Wildman–Crippen LogP) is 4.36. The first-order chi connectivity index (χ1) is 9.88. The van der Waals surface area contributed by atoms with E-state index in [4.69, 9.17) is 4.74 Å². The van der Waals surface area contributed by atoms with Crippen LogP contribution in [0.4, 0.5) is 5.69 Å². The molecule has 0 radical (unpaired) electrons. The molecule has 1 aromatic carbocycles. The zero-order chi connectivity index (χ0) is 15.6. The summed E-state index contributed by atoms with van der Waals surface area (Å²) in [6, 6.07) is 5.97. The Bertz CT molecular complexity index is 669. The maximum atomic E-state index is 10.8. The van der Waals surface area contributed by atoms with E-state index in [0.29, 0.717) is 20.3 Å². The van der Waals surface area contributed by atoms with Gasteiger partial charge in [-0.2, -0.15) is 0 Å². The number of aromatic nitrogens is 1. The summed E-state index contributed by atoms with van der Waals surface area (Å²) >= 11 is 6.47. The van der Waals surface area contributed by atoms with Crippen LogP contribution in [0.5, 0.6) is 11.6 Å². The lowest BCUT2D eigenvalue weighted by Gasteiger charge is -2.11. The first-order valence-corrected chi connectivity index (χ1v) is 7.42. The average Bonchev–Trinajstić information content (AvgIpc) is 2.42. The molecular formula is C13H10Br2N2O4. The average molecular weight is 418 g/mol. The molecule has 1 unspecified atom stereocenters. The second-order valence-electron chi connectivity index (χ2n) is 4.20. The summed E-state index contributed by atoms with van der Waals surface area (Å²) in [5.74, 6) is 0.652. The molecule has 0 aliphatic rings. The number of nitrogens with zero attached hydrogens (tertiary/aromatic N) is 2. The zero-order valence-electron chi connectivity index (χ0n) is 10.8. The van der Waals surface area contributed by atoms with Gasteiger partial charge in [0.2, 0.25) is 5.88 Å². The maximum absolute atomic E-state index is 10.8. The van der Waals surface area contributed by atoms with Crippen molar-refractivity contribution in [3.8, 4) is 11.6 Å². The molecule has 21 heavy (non-hydrogen) atoms. The van der Waals surface area contributed by atoms with E-state index in [2.05, 4.69) is 36.8 Å². The fraction of sp³-hybridized carbons (Fsp3) is 0.154. The highest BCUT2D eigenvalue weighted by molar-refractivity contribution is 9.11. The molecule has 1 N–H and O–H groups in total. The number of nitro benzene ring substituents is 1. The number of benzene rings is 1. The number of non-ortho nitro benzene ring substituents is 1. The number of nitro groups is 1. The van der Waals surface area contributed by atoms with E-state index in [9.17, 15) is 15.2 Å².